The van der Waals surface area contributed by atoms with Gasteiger partial charge in [0.05, 0.1) is 5.60 Å². The van der Waals surface area contributed by atoms with Gasteiger partial charge in [-0.2, -0.15) is 4.73 Å². The van der Waals surface area contributed by atoms with Crippen LogP contribution in [0.4, 0.5) is 0 Å². The lowest BCUT2D eigenvalue weighted by molar-refractivity contribution is -0.616. The molecule has 1 aromatic rings. The summed E-state index contributed by atoms with van der Waals surface area (Å²) in [5.74, 6) is 0.376. The lowest BCUT2D eigenvalue weighted by Crippen LogP contribution is -2.41. The predicted molar refractivity (Wildman–Crippen MR) is 64.5 cm³/mol. The Morgan fingerprint density at radius 2 is 2.12 bits per heavy atom. The van der Waals surface area contributed by atoms with Crippen molar-refractivity contribution < 1.29 is 9.47 Å². The molecule has 2 heterocycles. The second-order valence-corrected chi connectivity index (χ2v) is 5.38. The number of ether oxygens (including phenoxy) is 1. The van der Waals surface area contributed by atoms with E-state index >= 15 is 0 Å². The predicted octanol–water partition coefficient (Wildman–Crippen LogP) is 2.53. The van der Waals surface area contributed by atoms with Crippen LogP contribution < -0.4 is 4.73 Å². The van der Waals surface area contributed by atoms with Crippen molar-refractivity contribution in [3.8, 4) is 0 Å². The van der Waals surface area contributed by atoms with Gasteiger partial charge in [0, 0.05) is 24.7 Å². The first-order valence-corrected chi connectivity index (χ1v) is 6.61. The van der Waals surface area contributed by atoms with Crippen molar-refractivity contribution >= 4 is 0 Å². The van der Waals surface area contributed by atoms with Gasteiger partial charge in [-0.25, -0.2) is 0 Å². The van der Waals surface area contributed by atoms with Crippen molar-refractivity contribution in [1.29, 1.82) is 0 Å². The number of rotatable bonds is 1. The highest BCUT2D eigenvalue weighted by Gasteiger charge is 2.41. The molecule has 1 aliphatic heterocycles. The van der Waals surface area contributed by atoms with Gasteiger partial charge in [0.15, 0.2) is 11.9 Å². The molecule has 3 rings (SSSR count). The molecule has 0 bridgehead atoms. The fourth-order valence-electron chi connectivity index (χ4n) is 3.41. The van der Waals surface area contributed by atoms with E-state index in [4.69, 9.17) is 4.74 Å². The Labute approximate surface area is 102 Å². The van der Waals surface area contributed by atoms with Crippen LogP contribution in [-0.4, -0.2) is 12.2 Å². The van der Waals surface area contributed by atoms with Crippen LogP contribution in [0.5, 0.6) is 0 Å². The number of hydrogen-bond acceptors (Lipinski definition) is 2. The molecular formula is C14H19NO2. The van der Waals surface area contributed by atoms with Gasteiger partial charge < -0.3 is 9.94 Å². The van der Waals surface area contributed by atoms with E-state index in [1.54, 1.807) is 12.3 Å². The number of pyridine rings is 1. The summed E-state index contributed by atoms with van der Waals surface area (Å²) in [5.41, 5.74) is 1.01. The average Bonchev–Trinajstić information content (AvgIpc) is 2.78. The Bertz CT molecular complexity index is 399. The van der Waals surface area contributed by atoms with Crippen LogP contribution in [0.3, 0.4) is 0 Å². The van der Waals surface area contributed by atoms with E-state index < -0.39 is 0 Å². The third kappa shape index (κ3) is 2.04. The van der Waals surface area contributed by atoms with Crippen LogP contribution in [0, 0.1) is 5.21 Å². The van der Waals surface area contributed by atoms with Gasteiger partial charge in [0.25, 0.3) is 0 Å². The lowest BCUT2D eigenvalue weighted by Gasteiger charge is -2.37. The van der Waals surface area contributed by atoms with E-state index in [1.807, 2.05) is 12.1 Å². The molecule has 0 aromatic carbocycles. The largest absolute Gasteiger partial charge is 0.618 e. The molecular weight excluding hydrogens is 214 g/mol. The average molecular weight is 233 g/mol. The zero-order chi connectivity index (χ0) is 11.7. The number of aromatic nitrogens is 1. The Kier molecular flexibility index (Phi) is 2.79. The molecule has 17 heavy (non-hydrogen) atoms. The standard InChI is InChI=1S/C14H19NO2/c16-15-9-4-1-5-13(15)12-6-10-17-14(11-12)7-2-3-8-14/h1,4-5,9,12H,2-3,6-8,10-11H2. The minimum Gasteiger partial charge on any atom is -0.618 e. The van der Waals surface area contributed by atoms with Gasteiger partial charge in [-0.3, -0.25) is 0 Å². The highest BCUT2D eigenvalue weighted by molar-refractivity contribution is 5.08. The Morgan fingerprint density at radius 3 is 2.88 bits per heavy atom. The monoisotopic (exact) mass is 233 g/mol. The fraction of sp³-hybridized carbons (Fsp3) is 0.643. The van der Waals surface area contributed by atoms with Gasteiger partial charge in [-0.05, 0) is 25.7 Å². The molecule has 1 atom stereocenters. The summed E-state index contributed by atoms with van der Waals surface area (Å²) in [6.07, 6.45) is 8.52. The zero-order valence-corrected chi connectivity index (χ0v) is 10.1. The first kappa shape index (κ1) is 11.0. The molecule has 1 aliphatic carbocycles. The summed E-state index contributed by atoms with van der Waals surface area (Å²) in [6, 6.07) is 5.72. The molecule has 1 aromatic heterocycles. The maximum atomic E-state index is 11.8. The molecule has 1 spiro atoms. The SMILES string of the molecule is [O-][n+]1ccccc1C1CCOC2(CCCC2)C1. The van der Waals surface area contributed by atoms with E-state index in [-0.39, 0.29) is 5.60 Å². The molecule has 0 radical (unpaired) electrons. The van der Waals surface area contributed by atoms with Crippen molar-refractivity contribution in [2.45, 2.75) is 50.0 Å². The van der Waals surface area contributed by atoms with Crippen molar-refractivity contribution in [3.05, 3.63) is 35.3 Å². The summed E-state index contributed by atoms with van der Waals surface area (Å²) >= 11 is 0. The fourth-order valence-corrected chi connectivity index (χ4v) is 3.41. The second kappa shape index (κ2) is 4.30. The Hall–Kier alpha value is -1.09. The molecule has 92 valence electrons. The van der Waals surface area contributed by atoms with Crippen molar-refractivity contribution in [1.82, 2.24) is 0 Å². The highest BCUT2D eigenvalue weighted by atomic mass is 16.5. The number of nitrogens with zero attached hydrogens (tertiary/aromatic N) is 1. The smallest absolute Gasteiger partial charge is 0.196 e. The third-order valence-electron chi connectivity index (χ3n) is 4.28. The van der Waals surface area contributed by atoms with Crippen LogP contribution >= 0.6 is 0 Å². The third-order valence-corrected chi connectivity index (χ3v) is 4.28. The van der Waals surface area contributed by atoms with Crippen LogP contribution in [-0.2, 0) is 4.74 Å². The van der Waals surface area contributed by atoms with E-state index in [2.05, 4.69) is 0 Å². The summed E-state index contributed by atoms with van der Waals surface area (Å²) in [6.45, 7) is 0.805. The minimum absolute atomic E-state index is 0.0890. The zero-order valence-electron chi connectivity index (χ0n) is 10.1. The van der Waals surface area contributed by atoms with Crippen LogP contribution in [0.1, 0.15) is 50.1 Å². The van der Waals surface area contributed by atoms with E-state index in [0.717, 1.165) is 29.9 Å². The maximum Gasteiger partial charge on any atom is 0.196 e. The normalized spacial score (nSPS) is 27.4. The summed E-state index contributed by atoms with van der Waals surface area (Å²) in [5, 5.41) is 11.8. The molecule has 3 heteroatoms. The summed E-state index contributed by atoms with van der Waals surface area (Å²) in [7, 11) is 0. The second-order valence-electron chi connectivity index (χ2n) is 5.38. The van der Waals surface area contributed by atoms with Crippen molar-refractivity contribution in [3.63, 3.8) is 0 Å². The quantitative estimate of drug-likeness (QED) is 0.552. The van der Waals surface area contributed by atoms with Crippen molar-refractivity contribution in [2.75, 3.05) is 6.61 Å². The summed E-state index contributed by atoms with van der Waals surface area (Å²) < 4.78 is 7.03. The topological polar surface area (TPSA) is 36.2 Å². The first-order chi connectivity index (χ1) is 8.29. The number of hydrogen-bond donors (Lipinski definition) is 0. The van der Waals surface area contributed by atoms with Gasteiger partial charge >= 0.3 is 0 Å². The van der Waals surface area contributed by atoms with Gasteiger partial charge in [-0.15, -0.1) is 0 Å². The molecule has 2 fully saturated rings. The van der Waals surface area contributed by atoms with Gasteiger partial charge in [0.1, 0.15) is 0 Å². The minimum atomic E-state index is 0.0890. The molecule has 1 unspecified atom stereocenters. The van der Waals surface area contributed by atoms with Gasteiger partial charge in [0.2, 0.25) is 0 Å². The first-order valence-electron chi connectivity index (χ1n) is 6.61. The molecule has 1 saturated heterocycles. The van der Waals surface area contributed by atoms with Gasteiger partial charge in [-0.1, -0.05) is 18.9 Å². The van der Waals surface area contributed by atoms with Crippen molar-refractivity contribution in [2.24, 2.45) is 0 Å². The molecule has 1 saturated carbocycles. The van der Waals surface area contributed by atoms with Crippen LogP contribution in [0.25, 0.3) is 0 Å². The molecule has 3 nitrogen and oxygen atoms in total. The Balaban J connectivity index is 1.82. The molecule has 0 amide bonds. The van der Waals surface area contributed by atoms with E-state index in [9.17, 15) is 5.21 Å². The Morgan fingerprint density at radius 1 is 1.29 bits per heavy atom. The summed E-state index contributed by atoms with van der Waals surface area (Å²) in [4.78, 5) is 0. The van der Waals surface area contributed by atoms with Crippen LogP contribution in [0.15, 0.2) is 24.4 Å². The van der Waals surface area contributed by atoms with Crippen LogP contribution in [0.2, 0.25) is 0 Å². The van der Waals surface area contributed by atoms with E-state index in [1.165, 1.54) is 25.7 Å². The highest BCUT2D eigenvalue weighted by Crippen LogP contribution is 2.44. The van der Waals surface area contributed by atoms with E-state index in [0.29, 0.717) is 5.92 Å². The molecule has 2 aliphatic rings. The lowest BCUT2D eigenvalue weighted by atomic mass is 9.82. The molecule has 0 N–H and O–H groups in total. The maximum absolute atomic E-state index is 11.8.